The smallest absolute Gasteiger partial charge is 0.328 e. The SMILES string of the molecule is Nc1nccc2cc(/C=C/C(=O)O)c(OCCNC(=O)C3CCN(c4ccncc4)CC3)cc12. The second kappa shape index (κ2) is 10.7. The Kier molecular flexibility index (Phi) is 7.22. The Morgan fingerprint density at radius 1 is 1.18 bits per heavy atom. The number of fused-ring (bicyclic) bond motifs is 1. The van der Waals surface area contributed by atoms with Gasteiger partial charge in [-0.15, -0.1) is 0 Å². The summed E-state index contributed by atoms with van der Waals surface area (Å²) in [6, 6.07) is 9.31. The van der Waals surface area contributed by atoms with Gasteiger partial charge in [0.2, 0.25) is 5.91 Å². The summed E-state index contributed by atoms with van der Waals surface area (Å²) in [4.78, 5) is 34.0. The highest BCUT2D eigenvalue weighted by atomic mass is 16.5. The Labute approximate surface area is 197 Å². The molecule has 0 radical (unpaired) electrons. The minimum absolute atomic E-state index is 0.0240. The summed E-state index contributed by atoms with van der Waals surface area (Å²) < 4.78 is 5.89. The molecule has 0 saturated carbocycles. The minimum atomic E-state index is -1.05. The number of pyridine rings is 2. The lowest BCUT2D eigenvalue weighted by Gasteiger charge is -2.32. The lowest BCUT2D eigenvalue weighted by atomic mass is 9.95. The maximum Gasteiger partial charge on any atom is 0.328 e. The van der Waals surface area contributed by atoms with Crippen LogP contribution in [0.15, 0.2) is 55.0 Å². The van der Waals surface area contributed by atoms with E-state index in [1.54, 1.807) is 36.8 Å². The maximum absolute atomic E-state index is 12.6. The summed E-state index contributed by atoms with van der Waals surface area (Å²) in [6.45, 7) is 2.22. The van der Waals surface area contributed by atoms with Crippen LogP contribution in [0.25, 0.3) is 16.8 Å². The number of ether oxygens (including phenoxy) is 1. The largest absolute Gasteiger partial charge is 0.491 e. The summed E-state index contributed by atoms with van der Waals surface area (Å²) in [6.07, 6.45) is 9.25. The number of amides is 1. The standard InChI is InChI=1S/C25H27N5O4/c26-24-21-16-22(19(1-2-23(31)32)15-18(21)3-10-28-24)34-14-11-29-25(33)17-6-12-30(13-7-17)20-4-8-27-9-5-20/h1-5,8-10,15-17H,6-7,11-14H2,(H2,26,28)(H,29,33)(H,31,32)/b2-1+. The fourth-order valence-corrected chi connectivity index (χ4v) is 4.09. The molecule has 0 unspecified atom stereocenters. The highest BCUT2D eigenvalue weighted by Gasteiger charge is 2.24. The number of hydrogen-bond acceptors (Lipinski definition) is 7. The van der Waals surface area contributed by atoms with Crippen LogP contribution in [0.4, 0.5) is 11.5 Å². The lowest BCUT2D eigenvalue weighted by molar-refractivity contribution is -0.131. The number of carbonyl (C=O) groups is 2. The van der Waals surface area contributed by atoms with Crippen molar-refractivity contribution in [3.63, 3.8) is 0 Å². The van der Waals surface area contributed by atoms with Crippen LogP contribution < -0.4 is 20.7 Å². The number of benzene rings is 1. The monoisotopic (exact) mass is 461 g/mol. The van der Waals surface area contributed by atoms with E-state index < -0.39 is 5.97 Å². The zero-order valence-corrected chi connectivity index (χ0v) is 18.7. The Morgan fingerprint density at radius 2 is 1.94 bits per heavy atom. The molecule has 1 aliphatic rings. The number of piperidine rings is 1. The quantitative estimate of drug-likeness (QED) is 0.345. The van der Waals surface area contributed by atoms with Crippen molar-refractivity contribution in [1.82, 2.24) is 15.3 Å². The Morgan fingerprint density at radius 3 is 2.68 bits per heavy atom. The summed E-state index contributed by atoms with van der Waals surface area (Å²) in [5.41, 5.74) is 7.71. The van der Waals surface area contributed by atoms with Crippen LogP contribution >= 0.6 is 0 Å². The van der Waals surface area contributed by atoms with E-state index in [-0.39, 0.29) is 18.4 Å². The van der Waals surface area contributed by atoms with E-state index >= 15 is 0 Å². The molecule has 0 aliphatic carbocycles. The second-order valence-corrected chi connectivity index (χ2v) is 8.09. The zero-order chi connectivity index (χ0) is 23.9. The molecule has 3 heterocycles. The van der Waals surface area contributed by atoms with Gasteiger partial charge in [0, 0.05) is 60.3 Å². The molecule has 9 nitrogen and oxygen atoms in total. The van der Waals surface area contributed by atoms with Gasteiger partial charge in [-0.1, -0.05) is 0 Å². The van der Waals surface area contributed by atoms with Gasteiger partial charge in [0.25, 0.3) is 0 Å². The van der Waals surface area contributed by atoms with E-state index in [4.69, 9.17) is 15.6 Å². The number of rotatable bonds is 8. The Bertz CT molecular complexity index is 1190. The molecule has 1 fully saturated rings. The van der Waals surface area contributed by atoms with Crippen molar-refractivity contribution in [1.29, 1.82) is 0 Å². The fourth-order valence-electron chi connectivity index (χ4n) is 4.09. The van der Waals surface area contributed by atoms with E-state index in [1.807, 2.05) is 12.1 Å². The first kappa shape index (κ1) is 23.0. The third kappa shape index (κ3) is 5.61. The number of nitrogens with two attached hydrogens (primary N) is 1. The van der Waals surface area contributed by atoms with Gasteiger partial charge in [0.1, 0.15) is 18.2 Å². The van der Waals surface area contributed by atoms with E-state index in [9.17, 15) is 9.59 Å². The number of nitrogen functional groups attached to an aromatic ring is 1. The molecule has 34 heavy (non-hydrogen) atoms. The predicted octanol–water partition coefficient (Wildman–Crippen LogP) is 2.72. The van der Waals surface area contributed by atoms with Gasteiger partial charge < -0.3 is 25.8 Å². The number of carboxylic acid groups (broad SMARTS) is 1. The average Bonchev–Trinajstić information content (AvgIpc) is 2.86. The molecule has 1 saturated heterocycles. The molecule has 176 valence electrons. The first-order valence-corrected chi connectivity index (χ1v) is 11.2. The van der Waals surface area contributed by atoms with Crippen molar-refractivity contribution >= 4 is 40.2 Å². The van der Waals surface area contributed by atoms with Gasteiger partial charge in [0.15, 0.2) is 0 Å². The van der Waals surface area contributed by atoms with Crippen LogP contribution in [0.1, 0.15) is 18.4 Å². The van der Waals surface area contributed by atoms with E-state index in [2.05, 4.69) is 20.2 Å². The molecule has 1 aliphatic heterocycles. The molecule has 3 aromatic rings. The molecule has 1 amide bonds. The number of nitrogens with one attached hydrogen (secondary N) is 1. The first-order chi connectivity index (χ1) is 16.5. The Hall–Kier alpha value is -4.14. The van der Waals surface area contributed by atoms with Crippen molar-refractivity contribution in [3.05, 3.63) is 60.6 Å². The average molecular weight is 462 g/mol. The van der Waals surface area contributed by atoms with Crippen LogP contribution in [-0.2, 0) is 9.59 Å². The first-order valence-electron chi connectivity index (χ1n) is 11.2. The van der Waals surface area contributed by atoms with Crippen molar-refractivity contribution in [2.24, 2.45) is 5.92 Å². The summed E-state index contributed by atoms with van der Waals surface area (Å²) in [5.74, 6) is -0.218. The zero-order valence-electron chi connectivity index (χ0n) is 18.7. The van der Waals surface area contributed by atoms with E-state index in [0.717, 1.165) is 48.5 Å². The number of carboxylic acids is 1. The van der Waals surface area contributed by atoms with Crippen molar-refractivity contribution in [3.8, 4) is 5.75 Å². The molecule has 0 spiro atoms. The van der Waals surface area contributed by atoms with Crippen LogP contribution in [0.3, 0.4) is 0 Å². The highest BCUT2D eigenvalue weighted by molar-refractivity contribution is 5.95. The molecular formula is C25H27N5O4. The van der Waals surface area contributed by atoms with E-state index in [1.165, 1.54) is 6.08 Å². The van der Waals surface area contributed by atoms with Gasteiger partial charge in [-0.3, -0.25) is 9.78 Å². The third-order valence-electron chi connectivity index (χ3n) is 5.88. The summed E-state index contributed by atoms with van der Waals surface area (Å²) in [7, 11) is 0. The molecule has 0 atom stereocenters. The molecule has 4 N–H and O–H groups in total. The fraction of sp³-hybridized carbons (Fsp3) is 0.280. The lowest BCUT2D eigenvalue weighted by Crippen LogP contribution is -2.41. The van der Waals surface area contributed by atoms with Gasteiger partial charge in [-0.2, -0.15) is 0 Å². The highest BCUT2D eigenvalue weighted by Crippen LogP contribution is 2.29. The number of carbonyl (C=O) groups excluding carboxylic acids is 1. The van der Waals surface area contributed by atoms with Gasteiger partial charge in [-0.05, 0) is 54.6 Å². The van der Waals surface area contributed by atoms with Crippen LogP contribution in [0.2, 0.25) is 0 Å². The maximum atomic E-state index is 12.6. The van der Waals surface area contributed by atoms with Gasteiger partial charge in [-0.25, -0.2) is 9.78 Å². The molecule has 4 rings (SSSR count). The van der Waals surface area contributed by atoms with Crippen LogP contribution in [0.5, 0.6) is 5.75 Å². The number of aromatic nitrogens is 2. The molecular weight excluding hydrogens is 434 g/mol. The summed E-state index contributed by atoms with van der Waals surface area (Å²) in [5, 5.41) is 13.5. The van der Waals surface area contributed by atoms with Crippen molar-refractivity contribution in [2.75, 3.05) is 36.9 Å². The number of aliphatic carboxylic acids is 1. The molecule has 0 bridgehead atoms. The van der Waals surface area contributed by atoms with Gasteiger partial charge >= 0.3 is 5.97 Å². The summed E-state index contributed by atoms with van der Waals surface area (Å²) >= 11 is 0. The molecule has 2 aromatic heterocycles. The van der Waals surface area contributed by atoms with Crippen molar-refractivity contribution in [2.45, 2.75) is 12.8 Å². The minimum Gasteiger partial charge on any atom is -0.491 e. The van der Waals surface area contributed by atoms with Gasteiger partial charge in [0.05, 0.1) is 6.54 Å². The Balaban J connectivity index is 1.32. The second-order valence-electron chi connectivity index (χ2n) is 8.09. The third-order valence-corrected chi connectivity index (χ3v) is 5.88. The molecule has 9 heteroatoms. The van der Waals surface area contributed by atoms with E-state index in [0.29, 0.717) is 23.7 Å². The normalized spacial score (nSPS) is 14.4. The molecule has 1 aromatic carbocycles. The van der Waals surface area contributed by atoms with Crippen LogP contribution in [0, 0.1) is 5.92 Å². The number of anilines is 2. The topological polar surface area (TPSA) is 131 Å². The number of hydrogen-bond donors (Lipinski definition) is 3. The van der Waals surface area contributed by atoms with Crippen LogP contribution in [-0.4, -0.2) is 53.2 Å². The van der Waals surface area contributed by atoms with Crippen molar-refractivity contribution < 1.29 is 19.4 Å². The number of nitrogens with zero attached hydrogens (tertiary/aromatic N) is 3. The predicted molar refractivity (Wildman–Crippen MR) is 131 cm³/mol.